The van der Waals surface area contributed by atoms with Crippen LogP contribution in [0.3, 0.4) is 0 Å². The van der Waals surface area contributed by atoms with Gasteiger partial charge in [0.15, 0.2) is 0 Å². The maximum atomic E-state index is 13.1. The number of benzene rings is 2. The molecule has 2 aliphatic heterocycles. The lowest BCUT2D eigenvalue weighted by Gasteiger charge is -2.40. The zero-order valence-electron chi connectivity index (χ0n) is 18.8. The van der Waals surface area contributed by atoms with Gasteiger partial charge in [-0.1, -0.05) is 23.8 Å². The third-order valence-corrected chi connectivity index (χ3v) is 6.23. The highest BCUT2D eigenvalue weighted by atomic mass is 16.5. The molecule has 8 nitrogen and oxygen atoms in total. The lowest BCUT2D eigenvalue weighted by Crippen LogP contribution is -2.57. The first-order valence-corrected chi connectivity index (χ1v) is 11.1. The van der Waals surface area contributed by atoms with Crippen molar-refractivity contribution in [3.05, 3.63) is 66.0 Å². The SMILES string of the molecule is Cc1cccc(C(=O)N2CCN3CC(=O)Nc4cc(-c5cnn(C)c5)ccc4OC[C@@H]3C2)c1. The first-order chi connectivity index (χ1) is 16.0. The van der Waals surface area contributed by atoms with Crippen molar-refractivity contribution < 1.29 is 14.3 Å². The van der Waals surface area contributed by atoms with E-state index in [1.54, 1.807) is 10.9 Å². The average Bonchev–Trinajstić information content (AvgIpc) is 3.26. The molecule has 8 heteroatoms. The number of rotatable bonds is 2. The van der Waals surface area contributed by atoms with Crippen LogP contribution in [-0.4, -0.2) is 70.2 Å². The second-order valence-electron chi connectivity index (χ2n) is 8.72. The number of piperazine rings is 1. The monoisotopic (exact) mass is 445 g/mol. The van der Waals surface area contributed by atoms with Gasteiger partial charge in [0.05, 0.1) is 24.5 Å². The van der Waals surface area contributed by atoms with Crippen LogP contribution in [-0.2, 0) is 11.8 Å². The number of carbonyl (C=O) groups excluding carboxylic acids is 2. The summed E-state index contributed by atoms with van der Waals surface area (Å²) < 4.78 is 7.90. The molecule has 2 aliphatic rings. The van der Waals surface area contributed by atoms with Crippen molar-refractivity contribution in [1.82, 2.24) is 19.6 Å². The van der Waals surface area contributed by atoms with Crippen LogP contribution in [0.5, 0.6) is 5.75 Å². The first kappa shape index (κ1) is 21.2. The number of aryl methyl sites for hydroxylation is 2. The second kappa shape index (κ2) is 8.71. The molecule has 1 fully saturated rings. The summed E-state index contributed by atoms with van der Waals surface area (Å²) >= 11 is 0. The van der Waals surface area contributed by atoms with Crippen LogP contribution in [0.15, 0.2) is 54.9 Å². The molecule has 0 aliphatic carbocycles. The molecule has 3 heterocycles. The summed E-state index contributed by atoms with van der Waals surface area (Å²) in [6.45, 7) is 4.35. The van der Waals surface area contributed by atoms with E-state index in [0.29, 0.717) is 43.2 Å². The molecule has 1 aromatic heterocycles. The van der Waals surface area contributed by atoms with E-state index >= 15 is 0 Å². The van der Waals surface area contributed by atoms with Crippen molar-refractivity contribution in [2.75, 3.05) is 38.1 Å². The van der Waals surface area contributed by atoms with Crippen LogP contribution in [0, 0.1) is 6.92 Å². The number of aromatic nitrogens is 2. The summed E-state index contributed by atoms with van der Waals surface area (Å²) in [6, 6.07) is 13.4. The Hall–Kier alpha value is -3.65. The van der Waals surface area contributed by atoms with Gasteiger partial charge in [-0.2, -0.15) is 5.10 Å². The number of ether oxygens (including phenoxy) is 1. The van der Waals surface area contributed by atoms with Gasteiger partial charge in [-0.15, -0.1) is 0 Å². The van der Waals surface area contributed by atoms with Gasteiger partial charge in [0, 0.05) is 44.0 Å². The number of carbonyl (C=O) groups is 2. The minimum atomic E-state index is -0.0893. The number of hydrogen-bond donors (Lipinski definition) is 1. The van der Waals surface area contributed by atoms with Crippen LogP contribution in [0.1, 0.15) is 15.9 Å². The van der Waals surface area contributed by atoms with Crippen molar-refractivity contribution in [2.45, 2.75) is 13.0 Å². The normalized spacial score (nSPS) is 18.8. The summed E-state index contributed by atoms with van der Waals surface area (Å²) in [5, 5.41) is 7.23. The predicted octanol–water partition coefficient (Wildman–Crippen LogP) is 2.55. The van der Waals surface area contributed by atoms with E-state index in [4.69, 9.17) is 4.74 Å². The lowest BCUT2D eigenvalue weighted by molar-refractivity contribution is -0.118. The molecule has 0 spiro atoms. The van der Waals surface area contributed by atoms with E-state index < -0.39 is 0 Å². The molecule has 1 atom stereocenters. The maximum Gasteiger partial charge on any atom is 0.253 e. The molecule has 2 amide bonds. The standard InChI is InChI=1S/C25H27N5O3/c1-17-4-3-5-19(10-17)25(32)30-9-8-29-15-24(31)27-22-11-18(20-12-26-28(2)13-20)6-7-23(22)33-16-21(29)14-30/h3-7,10-13,21H,8-9,14-16H2,1-2H3,(H,27,31)/t21-/m0/s1. The van der Waals surface area contributed by atoms with Gasteiger partial charge in [0.2, 0.25) is 5.91 Å². The smallest absolute Gasteiger partial charge is 0.253 e. The van der Waals surface area contributed by atoms with E-state index in [2.05, 4.69) is 15.3 Å². The van der Waals surface area contributed by atoms with Gasteiger partial charge >= 0.3 is 0 Å². The lowest BCUT2D eigenvalue weighted by atomic mass is 10.1. The molecular formula is C25H27N5O3. The molecule has 1 saturated heterocycles. The number of nitrogens with zero attached hydrogens (tertiary/aromatic N) is 4. The van der Waals surface area contributed by atoms with Gasteiger partial charge in [-0.3, -0.25) is 19.2 Å². The number of amides is 2. The van der Waals surface area contributed by atoms with E-state index in [9.17, 15) is 9.59 Å². The predicted molar refractivity (Wildman–Crippen MR) is 125 cm³/mol. The quantitative estimate of drug-likeness (QED) is 0.656. The van der Waals surface area contributed by atoms with E-state index in [1.165, 1.54) is 0 Å². The fourth-order valence-corrected chi connectivity index (χ4v) is 4.47. The molecule has 5 rings (SSSR count). The van der Waals surface area contributed by atoms with Crippen LogP contribution >= 0.6 is 0 Å². The van der Waals surface area contributed by atoms with Gasteiger partial charge < -0.3 is 15.0 Å². The summed E-state index contributed by atoms with van der Waals surface area (Å²) in [5.74, 6) is 0.553. The molecule has 2 aromatic carbocycles. The Morgan fingerprint density at radius 1 is 1.15 bits per heavy atom. The Morgan fingerprint density at radius 3 is 2.82 bits per heavy atom. The Balaban J connectivity index is 1.35. The molecule has 33 heavy (non-hydrogen) atoms. The number of nitrogens with one attached hydrogen (secondary N) is 1. The molecule has 3 aromatic rings. The molecule has 1 N–H and O–H groups in total. The van der Waals surface area contributed by atoms with E-state index in [1.807, 2.05) is 67.5 Å². The molecule has 0 radical (unpaired) electrons. The number of hydrogen-bond acceptors (Lipinski definition) is 5. The molecule has 170 valence electrons. The van der Waals surface area contributed by atoms with Gasteiger partial charge in [0.1, 0.15) is 12.4 Å². The van der Waals surface area contributed by atoms with E-state index in [0.717, 1.165) is 16.7 Å². The third-order valence-electron chi connectivity index (χ3n) is 6.23. The highest BCUT2D eigenvalue weighted by Crippen LogP contribution is 2.32. The van der Waals surface area contributed by atoms with Crippen molar-refractivity contribution in [2.24, 2.45) is 7.05 Å². The topological polar surface area (TPSA) is 79.7 Å². The van der Waals surface area contributed by atoms with Gasteiger partial charge in [0.25, 0.3) is 5.91 Å². The fraction of sp³-hybridized carbons (Fsp3) is 0.320. The highest BCUT2D eigenvalue weighted by molar-refractivity contribution is 5.95. The van der Waals surface area contributed by atoms with Crippen molar-refractivity contribution >= 4 is 17.5 Å². The second-order valence-corrected chi connectivity index (χ2v) is 8.72. The summed E-state index contributed by atoms with van der Waals surface area (Å²) in [6.07, 6.45) is 3.72. The largest absolute Gasteiger partial charge is 0.490 e. The molecule has 0 bridgehead atoms. The van der Waals surface area contributed by atoms with Crippen LogP contribution in [0.2, 0.25) is 0 Å². The van der Waals surface area contributed by atoms with Crippen molar-refractivity contribution in [3.63, 3.8) is 0 Å². The first-order valence-electron chi connectivity index (χ1n) is 11.1. The summed E-state index contributed by atoms with van der Waals surface area (Å²) in [7, 11) is 1.87. The Bertz CT molecular complexity index is 1200. The molecule has 0 saturated carbocycles. The number of anilines is 1. The summed E-state index contributed by atoms with van der Waals surface area (Å²) in [5.41, 5.74) is 4.33. The van der Waals surface area contributed by atoms with Crippen LogP contribution in [0.25, 0.3) is 11.1 Å². The van der Waals surface area contributed by atoms with Crippen molar-refractivity contribution in [1.29, 1.82) is 0 Å². The molecule has 0 unspecified atom stereocenters. The average molecular weight is 446 g/mol. The molecular weight excluding hydrogens is 418 g/mol. The third kappa shape index (κ3) is 4.47. The maximum absolute atomic E-state index is 13.1. The Labute approximate surface area is 192 Å². The van der Waals surface area contributed by atoms with Crippen molar-refractivity contribution in [3.8, 4) is 16.9 Å². The fourth-order valence-electron chi connectivity index (χ4n) is 4.47. The van der Waals surface area contributed by atoms with Crippen LogP contribution < -0.4 is 10.1 Å². The number of fused-ring (bicyclic) bond motifs is 2. The Morgan fingerprint density at radius 2 is 2.03 bits per heavy atom. The zero-order chi connectivity index (χ0) is 22.9. The Kier molecular flexibility index (Phi) is 5.60. The summed E-state index contributed by atoms with van der Waals surface area (Å²) in [4.78, 5) is 29.9. The zero-order valence-corrected chi connectivity index (χ0v) is 18.8. The highest BCUT2D eigenvalue weighted by Gasteiger charge is 2.33. The van der Waals surface area contributed by atoms with Gasteiger partial charge in [-0.05, 0) is 36.8 Å². The van der Waals surface area contributed by atoms with Gasteiger partial charge in [-0.25, -0.2) is 0 Å². The minimum absolute atomic E-state index is 0.0178. The minimum Gasteiger partial charge on any atom is -0.490 e. The van der Waals surface area contributed by atoms with E-state index in [-0.39, 0.29) is 24.4 Å². The van der Waals surface area contributed by atoms with Crippen LogP contribution in [0.4, 0.5) is 5.69 Å².